The minimum Gasteiger partial charge on any atom is -0.491 e. The lowest BCUT2D eigenvalue weighted by Crippen LogP contribution is -2.49. The third-order valence-corrected chi connectivity index (χ3v) is 8.52. The maximum absolute atomic E-state index is 10.6. The lowest BCUT2D eigenvalue weighted by molar-refractivity contribution is 0.0472. The van der Waals surface area contributed by atoms with Crippen LogP contribution in [0.25, 0.3) is 12.2 Å². The SMILES string of the molecule is OC(COc1ccc(OCC(O)CN2CCN(C/C=C/c3ccccc3)CC2)cc1)CN1CCN(C/C=C/c2ccccc2)CC1. The molecule has 2 aliphatic heterocycles. The molecule has 0 amide bonds. The Morgan fingerprint density at radius 1 is 0.500 bits per heavy atom. The molecule has 3 aromatic carbocycles. The molecule has 2 aliphatic rings. The number of nitrogens with zero attached hydrogens (tertiary/aromatic N) is 4. The average Bonchev–Trinajstić information content (AvgIpc) is 3.09. The lowest BCUT2D eigenvalue weighted by atomic mass is 10.2. The summed E-state index contributed by atoms with van der Waals surface area (Å²) >= 11 is 0. The second-order valence-corrected chi connectivity index (χ2v) is 12.2. The number of aliphatic hydroxyl groups excluding tert-OH is 2. The van der Waals surface area contributed by atoms with Gasteiger partial charge in [0.2, 0.25) is 0 Å². The largest absolute Gasteiger partial charge is 0.491 e. The standard InChI is InChI=1S/C38H50N4O4/c43-35(29-41-25-21-39(22-26-41)19-7-13-33-9-3-1-4-10-33)31-45-37-15-17-38(18-16-37)46-32-36(44)30-42-27-23-40(24-28-42)20-8-14-34-11-5-2-6-12-34/h1-18,35-36,43-44H,19-32H2/b13-7+,14-8+. The Morgan fingerprint density at radius 3 is 1.22 bits per heavy atom. The van der Waals surface area contributed by atoms with E-state index < -0.39 is 12.2 Å². The van der Waals surface area contributed by atoms with Crippen LogP contribution in [0.3, 0.4) is 0 Å². The van der Waals surface area contributed by atoms with Crippen LogP contribution in [-0.4, -0.2) is 134 Å². The van der Waals surface area contributed by atoms with E-state index in [1.807, 2.05) is 36.4 Å². The van der Waals surface area contributed by atoms with Gasteiger partial charge in [0, 0.05) is 78.5 Å². The van der Waals surface area contributed by atoms with Crippen LogP contribution >= 0.6 is 0 Å². The number of piperazine rings is 2. The predicted molar refractivity (Wildman–Crippen MR) is 186 cm³/mol. The molecule has 8 nitrogen and oxygen atoms in total. The molecule has 2 heterocycles. The van der Waals surface area contributed by atoms with E-state index in [2.05, 4.69) is 92.4 Å². The third kappa shape index (κ3) is 12.0. The molecular weight excluding hydrogens is 576 g/mol. The summed E-state index contributed by atoms with van der Waals surface area (Å²) in [5, 5.41) is 21.1. The van der Waals surface area contributed by atoms with E-state index in [-0.39, 0.29) is 13.2 Å². The molecule has 0 bridgehead atoms. The Labute approximate surface area is 274 Å². The number of hydrogen-bond donors (Lipinski definition) is 2. The smallest absolute Gasteiger partial charge is 0.119 e. The summed E-state index contributed by atoms with van der Waals surface area (Å²) in [7, 11) is 0. The first-order chi connectivity index (χ1) is 22.6. The van der Waals surface area contributed by atoms with E-state index >= 15 is 0 Å². The Kier molecular flexibility index (Phi) is 13.7. The molecule has 2 atom stereocenters. The van der Waals surface area contributed by atoms with E-state index in [1.165, 1.54) is 11.1 Å². The van der Waals surface area contributed by atoms with Crippen LogP contribution in [0.1, 0.15) is 11.1 Å². The summed E-state index contributed by atoms with van der Waals surface area (Å²) in [6.07, 6.45) is 7.69. The van der Waals surface area contributed by atoms with Gasteiger partial charge in [0.1, 0.15) is 36.9 Å². The highest BCUT2D eigenvalue weighted by molar-refractivity contribution is 5.49. The molecule has 3 aromatic rings. The lowest BCUT2D eigenvalue weighted by Gasteiger charge is -2.35. The Bertz CT molecular complexity index is 1200. The molecule has 2 N–H and O–H groups in total. The van der Waals surface area contributed by atoms with Gasteiger partial charge in [0.25, 0.3) is 0 Å². The minimum atomic E-state index is -0.553. The summed E-state index contributed by atoms with van der Waals surface area (Å²) in [6, 6.07) is 28.2. The van der Waals surface area contributed by atoms with Gasteiger partial charge in [-0.25, -0.2) is 0 Å². The van der Waals surface area contributed by atoms with Gasteiger partial charge in [-0.2, -0.15) is 0 Å². The maximum atomic E-state index is 10.6. The van der Waals surface area contributed by atoms with Crippen molar-refractivity contribution in [1.82, 2.24) is 19.6 Å². The van der Waals surface area contributed by atoms with Gasteiger partial charge in [0.15, 0.2) is 0 Å². The van der Waals surface area contributed by atoms with Crippen LogP contribution in [0.2, 0.25) is 0 Å². The zero-order valence-electron chi connectivity index (χ0n) is 26.9. The molecule has 46 heavy (non-hydrogen) atoms. The summed E-state index contributed by atoms with van der Waals surface area (Å²) in [5.74, 6) is 1.39. The van der Waals surface area contributed by atoms with Crippen molar-refractivity contribution in [3.8, 4) is 11.5 Å². The predicted octanol–water partition coefficient (Wildman–Crippen LogP) is 3.83. The highest BCUT2D eigenvalue weighted by Gasteiger charge is 2.20. The Balaban J connectivity index is 0.906. The normalized spacial score (nSPS) is 18.7. The van der Waals surface area contributed by atoms with Gasteiger partial charge in [-0.3, -0.25) is 19.6 Å². The van der Waals surface area contributed by atoms with E-state index in [0.29, 0.717) is 24.6 Å². The molecular formula is C38H50N4O4. The van der Waals surface area contributed by atoms with Gasteiger partial charge in [-0.1, -0.05) is 85.0 Å². The van der Waals surface area contributed by atoms with Crippen molar-refractivity contribution in [1.29, 1.82) is 0 Å². The van der Waals surface area contributed by atoms with Crippen LogP contribution in [0.5, 0.6) is 11.5 Å². The average molecular weight is 627 g/mol. The first-order valence-electron chi connectivity index (χ1n) is 16.6. The summed E-state index contributed by atoms with van der Waals surface area (Å²) in [5.41, 5.74) is 2.45. The van der Waals surface area contributed by atoms with Crippen LogP contribution in [-0.2, 0) is 0 Å². The topological polar surface area (TPSA) is 71.9 Å². The molecule has 0 saturated carbocycles. The summed E-state index contributed by atoms with van der Waals surface area (Å²) < 4.78 is 11.7. The second kappa shape index (κ2) is 18.6. The van der Waals surface area contributed by atoms with Gasteiger partial charge in [-0.05, 0) is 35.4 Å². The molecule has 8 heteroatoms. The monoisotopic (exact) mass is 626 g/mol. The molecule has 246 valence electrons. The molecule has 0 aromatic heterocycles. The fourth-order valence-electron chi connectivity index (χ4n) is 5.83. The third-order valence-electron chi connectivity index (χ3n) is 8.52. The number of β-amino-alcohol motifs (C(OH)–C–C–N with tert-alkyl or cyclic N) is 2. The molecule has 2 unspecified atom stereocenters. The van der Waals surface area contributed by atoms with Gasteiger partial charge < -0.3 is 19.7 Å². The zero-order chi connectivity index (χ0) is 31.8. The first kappa shape index (κ1) is 33.9. The quantitative estimate of drug-likeness (QED) is 0.249. The van der Waals surface area contributed by atoms with Crippen LogP contribution in [0.4, 0.5) is 0 Å². The summed E-state index contributed by atoms with van der Waals surface area (Å²) in [4.78, 5) is 9.49. The Morgan fingerprint density at radius 2 is 0.848 bits per heavy atom. The number of hydrogen-bond acceptors (Lipinski definition) is 8. The number of rotatable bonds is 16. The van der Waals surface area contributed by atoms with Crippen molar-refractivity contribution in [2.75, 3.05) is 91.8 Å². The first-order valence-corrected chi connectivity index (χ1v) is 16.6. The van der Waals surface area contributed by atoms with Crippen LogP contribution < -0.4 is 9.47 Å². The van der Waals surface area contributed by atoms with Crippen LogP contribution in [0, 0.1) is 0 Å². The Hall–Kier alpha value is -3.50. The number of aliphatic hydroxyl groups is 2. The molecule has 0 spiro atoms. The minimum absolute atomic E-state index is 0.246. The van der Waals surface area contributed by atoms with Gasteiger partial charge >= 0.3 is 0 Å². The zero-order valence-corrected chi connectivity index (χ0v) is 26.9. The highest BCUT2D eigenvalue weighted by atomic mass is 16.5. The molecule has 5 rings (SSSR count). The van der Waals surface area contributed by atoms with Crippen molar-refractivity contribution in [3.05, 3.63) is 108 Å². The second-order valence-electron chi connectivity index (χ2n) is 12.2. The van der Waals surface area contributed by atoms with E-state index in [0.717, 1.165) is 65.4 Å². The number of ether oxygens (including phenoxy) is 2. The number of benzene rings is 3. The van der Waals surface area contributed by atoms with E-state index in [9.17, 15) is 10.2 Å². The molecule has 2 fully saturated rings. The van der Waals surface area contributed by atoms with Crippen molar-refractivity contribution < 1.29 is 19.7 Å². The van der Waals surface area contributed by atoms with Crippen molar-refractivity contribution in [3.63, 3.8) is 0 Å². The summed E-state index contributed by atoms with van der Waals surface area (Å²) in [6.45, 7) is 11.3. The maximum Gasteiger partial charge on any atom is 0.119 e. The van der Waals surface area contributed by atoms with E-state index in [1.54, 1.807) is 0 Å². The van der Waals surface area contributed by atoms with E-state index in [4.69, 9.17) is 9.47 Å². The molecule has 0 radical (unpaired) electrons. The van der Waals surface area contributed by atoms with Crippen molar-refractivity contribution in [2.45, 2.75) is 12.2 Å². The fourth-order valence-corrected chi connectivity index (χ4v) is 5.83. The van der Waals surface area contributed by atoms with Gasteiger partial charge in [0.05, 0.1) is 0 Å². The molecule has 0 aliphatic carbocycles. The fraction of sp³-hybridized carbons (Fsp3) is 0.421. The van der Waals surface area contributed by atoms with Gasteiger partial charge in [-0.15, -0.1) is 0 Å². The molecule has 2 saturated heterocycles. The van der Waals surface area contributed by atoms with Crippen molar-refractivity contribution in [2.24, 2.45) is 0 Å². The van der Waals surface area contributed by atoms with Crippen molar-refractivity contribution >= 4 is 12.2 Å². The van der Waals surface area contributed by atoms with Crippen LogP contribution in [0.15, 0.2) is 97.1 Å². The highest BCUT2D eigenvalue weighted by Crippen LogP contribution is 2.18.